The number of carbonyl (C=O) groups excluding carboxylic acids is 4. The minimum atomic E-state index is -1.58. The maximum absolute atomic E-state index is 12.6. The van der Waals surface area contributed by atoms with Gasteiger partial charge in [0.05, 0.1) is 12.5 Å². The van der Waals surface area contributed by atoms with E-state index in [1.54, 1.807) is 0 Å². The number of rotatable bonds is 14. The summed E-state index contributed by atoms with van der Waals surface area (Å²) in [4.78, 5) is 70.6. The van der Waals surface area contributed by atoms with Gasteiger partial charge in [0.2, 0.25) is 23.6 Å². The molecule has 0 spiro atoms. The molecule has 14 heteroatoms. The van der Waals surface area contributed by atoms with E-state index in [1.165, 1.54) is 31.2 Å². The van der Waals surface area contributed by atoms with Gasteiger partial charge >= 0.3 is 11.9 Å². The number of hydrogen-bond donors (Lipinski definition) is 8. The molecule has 0 aliphatic carbocycles. The van der Waals surface area contributed by atoms with E-state index in [-0.39, 0.29) is 25.0 Å². The average Bonchev–Trinajstić information content (AvgIpc) is 2.76. The molecular weight excluding hydrogens is 466 g/mol. The highest BCUT2D eigenvalue weighted by atomic mass is 16.4. The molecule has 0 heterocycles. The standard InChI is InChI=1S/C21H29N5O9/c1-10(18(31)25-14(21(34)35)6-7-16(23)28)24-20(33)15(9-17(29)30)26-19(32)13(22)8-11-2-4-12(27)5-3-11/h2-5,10,13-15,27H,6-9,22H2,1H3,(H2,23,28)(H,24,33)(H,25,31)(H,26,32)(H,29,30)(H,34,35). The second-order valence-corrected chi connectivity index (χ2v) is 7.77. The van der Waals surface area contributed by atoms with Crippen LogP contribution in [0.1, 0.15) is 31.7 Å². The second-order valence-electron chi connectivity index (χ2n) is 7.77. The molecule has 14 nitrogen and oxygen atoms in total. The van der Waals surface area contributed by atoms with E-state index >= 15 is 0 Å². The van der Waals surface area contributed by atoms with E-state index < -0.39 is 66.2 Å². The topological polar surface area (TPSA) is 251 Å². The van der Waals surface area contributed by atoms with Gasteiger partial charge in [-0.25, -0.2) is 4.79 Å². The average molecular weight is 495 g/mol. The summed E-state index contributed by atoms with van der Waals surface area (Å²) in [7, 11) is 0. The van der Waals surface area contributed by atoms with Crippen molar-refractivity contribution in [1.82, 2.24) is 16.0 Å². The number of aliphatic carboxylic acids is 2. The highest BCUT2D eigenvalue weighted by molar-refractivity contribution is 5.95. The molecular formula is C21H29N5O9. The van der Waals surface area contributed by atoms with Gasteiger partial charge in [-0.3, -0.25) is 24.0 Å². The molecule has 0 aromatic heterocycles. The van der Waals surface area contributed by atoms with Crippen molar-refractivity contribution in [3.8, 4) is 5.75 Å². The lowest BCUT2D eigenvalue weighted by molar-refractivity contribution is -0.143. The number of primary amides is 1. The van der Waals surface area contributed by atoms with E-state index in [9.17, 15) is 33.9 Å². The van der Waals surface area contributed by atoms with Crippen LogP contribution in [0.2, 0.25) is 0 Å². The number of hydrogen-bond acceptors (Lipinski definition) is 8. The third kappa shape index (κ3) is 10.5. The van der Waals surface area contributed by atoms with Crippen LogP contribution in [0, 0.1) is 0 Å². The highest BCUT2D eigenvalue weighted by Crippen LogP contribution is 2.11. The van der Waals surface area contributed by atoms with Gasteiger partial charge in [-0.05, 0) is 37.5 Å². The van der Waals surface area contributed by atoms with Crippen LogP contribution < -0.4 is 27.4 Å². The van der Waals surface area contributed by atoms with Crippen LogP contribution in [-0.4, -0.2) is 75.1 Å². The Bertz CT molecular complexity index is 951. The molecule has 0 aliphatic rings. The fraction of sp³-hybridized carbons (Fsp3) is 0.429. The van der Waals surface area contributed by atoms with Gasteiger partial charge in [0.1, 0.15) is 23.9 Å². The summed E-state index contributed by atoms with van der Waals surface area (Å²) in [5.74, 6) is -6.32. The molecule has 0 fully saturated rings. The van der Waals surface area contributed by atoms with Gasteiger partial charge in [-0.15, -0.1) is 0 Å². The summed E-state index contributed by atoms with van der Waals surface area (Å²) in [6, 6.07) is 0.401. The zero-order valence-corrected chi connectivity index (χ0v) is 18.9. The van der Waals surface area contributed by atoms with E-state index in [2.05, 4.69) is 16.0 Å². The summed E-state index contributed by atoms with van der Waals surface area (Å²) < 4.78 is 0. The molecule has 1 aromatic rings. The Morgan fingerprint density at radius 3 is 1.97 bits per heavy atom. The van der Waals surface area contributed by atoms with Crippen LogP contribution in [0.3, 0.4) is 0 Å². The fourth-order valence-electron chi connectivity index (χ4n) is 2.86. The molecule has 10 N–H and O–H groups in total. The van der Waals surface area contributed by atoms with Crippen molar-refractivity contribution in [3.63, 3.8) is 0 Å². The van der Waals surface area contributed by atoms with Crippen LogP contribution in [0.4, 0.5) is 0 Å². The van der Waals surface area contributed by atoms with Gasteiger partial charge < -0.3 is 42.7 Å². The van der Waals surface area contributed by atoms with Crippen molar-refractivity contribution in [2.75, 3.05) is 0 Å². The number of phenols is 1. The quantitative estimate of drug-likeness (QED) is 0.135. The van der Waals surface area contributed by atoms with Crippen molar-refractivity contribution in [3.05, 3.63) is 29.8 Å². The summed E-state index contributed by atoms with van der Waals surface area (Å²) in [5.41, 5.74) is 11.4. The first kappa shape index (κ1) is 28.8. The number of benzene rings is 1. The lowest BCUT2D eigenvalue weighted by Crippen LogP contribution is -2.57. The Hall–Kier alpha value is -4.20. The minimum Gasteiger partial charge on any atom is -0.508 e. The summed E-state index contributed by atoms with van der Waals surface area (Å²) >= 11 is 0. The van der Waals surface area contributed by atoms with Crippen LogP contribution >= 0.6 is 0 Å². The number of nitrogens with one attached hydrogen (secondary N) is 3. The van der Waals surface area contributed by atoms with E-state index in [4.69, 9.17) is 21.7 Å². The van der Waals surface area contributed by atoms with Crippen molar-refractivity contribution >= 4 is 35.6 Å². The van der Waals surface area contributed by atoms with Crippen LogP contribution in [0.5, 0.6) is 5.75 Å². The Labute approximate surface area is 200 Å². The molecule has 0 saturated heterocycles. The van der Waals surface area contributed by atoms with Crippen molar-refractivity contribution in [2.24, 2.45) is 11.5 Å². The van der Waals surface area contributed by atoms with Gasteiger partial charge in [-0.1, -0.05) is 12.1 Å². The van der Waals surface area contributed by atoms with Crippen molar-refractivity contribution < 1.29 is 44.1 Å². The zero-order valence-electron chi connectivity index (χ0n) is 18.9. The summed E-state index contributed by atoms with van der Waals surface area (Å²) in [5, 5.41) is 34.2. The second kappa shape index (κ2) is 13.5. The lowest BCUT2D eigenvalue weighted by atomic mass is 10.0. The fourth-order valence-corrected chi connectivity index (χ4v) is 2.86. The molecule has 4 atom stereocenters. The highest BCUT2D eigenvalue weighted by Gasteiger charge is 2.29. The van der Waals surface area contributed by atoms with Gasteiger partial charge in [0, 0.05) is 6.42 Å². The van der Waals surface area contributed by atoms with Gasteiger partial charge in [-0.2, -0.15) is 0 Å². The largest absolute Gasteiger partial charge is 0.508 e. The van der Waals surface area contributed by atoms with Gasteiger partial charge in [0.15, 0.2) is 0 Å². The first-order valence-corrected chi connectivity index (χ1v) is 10.5. The predicted molar refractivity (Wildman–Crippen MR) is 120 cm³/mol. The van der Waals surface area contributed by atoms with Crippen molar-refractivity contribution in [2.45, 2.75) is 56.8 Å². The molecule has 0 bridgehead atoms. The molecule has 35 heavy (non-hydrogen) atoms. The lowest BCUT2D eigenvalue weighted by Gasteiger charge is -2.22. The third-order valence-corrected chi connectivity index (χ3v) is 4.79. The minimum absolute atomic E-state index is 0.0191. The molecule has 192 valence electrons. The number of carboxylic acid groups (broad SMARTS) is 2. The normalized spacial score (nSPS) is 14.0. The van der Waals surface area contributed by atoms with Gasteiger partial charge in [0.25, 0.3) is 0 Å². The summed E-state index contributed by atoms with van der Waals surface area (Å²) in [6.07, 6.45) is -1.34. The molecule has 4 unspecified atom stereocenters. The maximum Gasteiger partial charge on any atom is 0.326 e. The Morgan fingerprint density at radius 1 is 0.886 bits per heavy atom. The van der Waals surface area contributed by atoms with E-state index in [1.807, 2.05) is 0 Å². The van der Waals surface area contributed by atoms with E-state index in [0.29, 0.717) is 5.56 Å². The number of carbonyl (C=O) groups is 6. The molecule has 4 amide bonds. The number of phenolic OH excluding ortho intramolecular Hbond substituents is 1. The Balaban J connectivity index is 2.77. The number of aromatic hydroxyl groups is 1. The SMILES string of the molecule is CC(NC(=O)C(CC(=O)O)NC(=O)C(N)Cc1ccc(O)cc1)C(=O)NC(CCC(N)=O)C(=O)O. The summed E-state index contributed by atoms with van der Waals surface area (Å²) in [6.45, 7) is 1.22. The molecule has 1 aromatic carbocycles. The third-order valence-electron chi connectivity index (χ3n) is 4.79. The molecule has 0 saturated carbocycles. The smallest absolute Gasteiger partial charge is 0.326 e. The maximum atomic E-state index is 12.6. The molecule has 0 aliphatic heterocycles. The zero-order chi connectivity index (χ0) is 26.7. The monoisotopic (exact) mass is 495 g/mol. The van der Waals surface area contributed by atoms with Crippen LogP contribution in [0.25, 0.3) is 0 Å². The van der Waals surface area contributed by atoms with Crippen molar-refractivity contribution in [1.29, 1.82) is 0 Å². The molecule has 1 rings (SSSR count). The Kier molecular flexibility index (Phi) is 11.1. The van der Waals surface area contributed by atoms with Crippen LogP contribution in [0.15, 0.2) is 24.3 Å². The van der Waals surface area contributed by atoms with E-state index in [0.717, 1.165) is 0 Å². The first-order chi connectivity index (χ1) is 16.3. The number of carboxylic acids is 2. The number of amides is 4. The Morgan fingerprint density at radius 2 is 1.46 bits per heavy atom. The molecule has 0 radical (unpaired) electrons. The van der Waals surface area contributed by atoms with Crippen LogP contribution in [-0.2, 0) is 35.2 Å². The first-order valence-electron chi connectivity index (χ1n) is 10.5. The predicted octanol–water partition coefficient (Wildman–Crippen LogP) is -2.44. The number of nitrogens with two attached hydrogens (primary N) is 2.